The minimum absolute atomic E-state index is 0.0991. The maximum absolute atomic E-state index is 9.29. The molecule has 1 saturated heterocycles. The Hall–Kier alpha value is -0.650. The zero-order valence-corrected chi connectivity index (χ0v) is 11.6. The van der Waals surface area contributed by atoms with Crippen LogP contribution in [0.15, 0.2) is 0 Å². The van der Waals surface area contributed by atoms with Crippen LogP contribution in [0.1, 0.15) is 36.3 Å². The third kappa shape index (κ3) is 2.15. The van der Waals surface area contributed by atoms with Crippen LogP contribution in [0.5, 0.6) is 0 Å². The fourth-order valence-electron chi connectivity index (χ4n) is 3.02. The van der Waals surface area contributed by atoms with Crippen LogP contribution in [0.3, 0.4) is 0 Å². The predicted molar refractivity (Wildman–Crippen MR) is 72.1 cm³/mol. The molecule has 4 nitrogen and oxygen atoms in total. The number of anilines is 1. The molecule has 5 heteroatoms. The van der Waals surface area contributed by atoms with Gasteiger partial charge in [-0.1, -0.05) is 24.2 Å². The van der Waals surface area contributed by atoms with Crippen molar-refractivity contribution in [3.05, 3.63) is 10.6 Å². The van der Waals surface area contributed by atoms with Crippen molar-refractivity contribution in [1.82, 2.24) is 4.98 Å². The number of hydrogen-bond donors (Lipinski definition) is 1. The molecule has 18 heavy (non-hydrogen) atoms. The molecule has 0 amide bonds. The molecule has 2 aliphatic rings. The molecule has 0 radical (unpaired) electrons. The maximum Gasteiger partial charge on any atom is 0.186 e. The van der Waals surface area contributed by atoms with Gasteiger partial charge in [-0.25, -0.2) is 4.98 Å². The molecule has 1 aromatic heterocycles. The standard InChI is InChI=1S/C13H20N2O2S/c1-9-12(8-16)18-13(14-9)15-6-7-17-11-5-3-2-4-10(11)15/h10-11,16H,2-8H2,1H3. The summed E-state index contributed by atoms with van der Waals surface area (Å²) >= 11 is 1.63. The molecule has 0 aromatic carbocycles. The minimum Gasteiger partial charge on any atom is -0.391 e. The van der Waals surface area contributed by atoms with Crippen LogP contribution in [0.4, 0.5) is 5.13 Å². The van der Waals surface area contributed by atoms with Crippen molar-refractivity contribution >= 4 is 16.5 Å². The Morgan fingerprint density at radius 2 is 2.28 bits per heavy atom. The van der Waals surface area contributed by atoms with E-state index in [1.807, 2.05) is 6.92 Å². The zero-order valence-electron chi connectivity index (χ0n) is 10.8. The lowest BCUT2D eigenvalue weighted by Crippen LogP contribution is -2.52. The summed E-state index contributed by atoms with van der Waals surface area (Å²) in [6, 6.07) is 0.490. The number of morpholine rings is 1. The SMILES string of the molecule is Cc1nc(N2CCOC3CCCCC32)sc1CO. The summed E-state index contributed by atoms with van der Waals surface area (Å²) in [5.74, 6) is 0. The first-order valence-electron chi connectivity index (χ1n) is 6.75. The number of fused-ring (bicyclic) bond motifs is 1. The Labute approximate surface area is 112 Å². The quantitative estimate of drug-likeness (QED) is 0.892. The Morgan fingerprint density at radius 3 is 3.06 bits per heavy atom. The summed E-state index contributed by atoms with van der Waals surface area (Å²) in [6.07, 6.45) is 5.34. The van der Waals surface area contributed by atoms with Gasteiger partial charge in [0.05, 0.1) is 35.9 Å². The van der Waals surface area contributed by atoms with Crippen molar-refractivity contribution in [2.75, 3.05) is 18.1 Å². The van der Waals surface area contributed by atoms with E-state index in [4.69, 9.17) is 4.74 Å². The van der Waals surface area contributed by atoms with E-state index in [9.17, 15) is 5.11 Å². The molecule has 1 aliphatic heterocycles. The second-order valence-electron chi connectivity index (χ2n) is 5.12. The molecule has 2 heterocycles. The van der Waals surface area contributed by atoms with Crippen LogP contribution in [0.25, 0.3) is 0 Å². The van der Waals surface area contributed by atoms with E-state index >= 15 is 0 Å². The Bertz CT molecular complexity index is 419. The molecule has 2 atom stereocenters. The average molecular weight is 268 g/mol. The average Bonchev–Trinajstić information content (AvgIpc) is 2.79. The van der Waals surface area contributed by atoms with Crippen LogP contribution in [0, 0.1) is 6.92 Å². The van der Waals surface area contributed by atoms with Crippen LogP contribution in [0.2, 0.25) is 0 Å². The van der Waals surface area contributed by atoms with Crippen molar-refractivity contribution in [3.63, 3.8) is 0 Å². The summed E-state index contributed by atoms with van der Waals surface area (Å²) in [5, 5.41) is 10.4. The van der Waals surface area contributed by atoms with Gasteiger partial charge >= 0.3 is 0 Å². The highest BCUT2D eigenvalue weighted by atomic mass is 32.1. The number of nitrogens with zero attached hydrogens (tertiary/aromatic N) is 2. The number of hydrogen-bond acceptors (Lipinski definition) is 5. The zero-order chi connectivity index (χ0) is 12.5. The summed E-state index contributed by atoms with van der Waals surface area (Å²) < 4.78 is 5.88. The van der Waals surface area contributed by atoms with Crippen molar-refractivity contribution < 1.29 is 9.84 Å². The van der Waals surface area contributed by atoms with E-state index in [-0.39, 0.29) is 6.61 Å². The Morgan fingerprint density at radius 1 is 1.44 bits per heavy atom. The normalized spacial score (nSPS) is 28.2. The molecule has 100 valence electrons. The van der Waals surface area contributed by atoms with Gasteiger partial charge in [0, 0.05) is 6.54 Å². The molecular formula is C13H20N2O2S. The summed E-state index contributed by atoms with van der Waals surface area (Å²) in [6.45, 7) is 3.81. The van der Waals surface area contributed by atoms with Crippen molar-refractivity contribution in [3.8, 4) is 0 Å². The first-order chi connectivity index (χ1) is 8.79. The van der Waals surface area contributed by atoms with Gasteiger partial charge in [0.1, 0.15) is 0 Å². The molecule has 3 rings (SSSR count). The summed E-state index contributed by atoms with van der Waals surface area (Å²) in [5.41, 5.74) is 0.969. The van der Waals surface area contributed by atoms with Gasteiger partial charge in [0.15, 0.2) is 5.13 Å². The number of rotatable bonds is 2. The first kappa shape index (κ1) is 12.4. The highest BCUT2D eigenvalue weighted by Gasteiger charge is 2.35. The predicted octanol–water partition coefficient (Wildman–Crippen LogP) is 2.09. The van der Waals surface area contributed by atoms with Crippen LogP contribution < -0.4 is 4.90 Å². The first-order valence-corrected chi connectivity index (χ1v) is 7.56. The van der Waals surface area contributed by atoms with Gasteiger partial charge in [-0.15, -0.1) is 0 Å². The van der Waals surface area contributed by atoms with Gasteiger partial charge in [-0.3, -0.25) is 0 Å². The topological polar surface area (TPSA) is 45.6 Å². The second kappa shape index (κ2) is 5.15. The van der Waals surface area contributed by atoms with Crippen molar-refractivity contribution in [2.24, 2.45) is 0 Å². The fraction of sp³-hybridized carbons (Fsp3) is 0.769. The van der Waals surface area contributed by atoms with E-state index in [1.165, 1.54) is 25.7 Å². The monoisotopic (exact) mass is 268 g/mol. The third-order valence-electron chi connectivity index (χ3n) is 4.00. The number of aliphatic hydroxyl groups excluding tert-OH is 1. The van der Waals surface area contributed by atoms with Gasteiger partial charge in [0.25, 0.3) is 0 Å². The molecule has 0 spiro atoms. The highest BCUT2D eigenvalue weighted by Crippen LogP contribution is 2.35. The van der Waals surface area contributed by atoms with Gasteiger partial charge in [-0.05, 0) is 19.8 Å². The number of aliphatic hydroxyl groups is 1. The molecule has 1 aromatic rings. The van der Waals surface area contributed by atoms with E-state index in [1.54, 1.807) is 11.3 Å². The maximum atomic E-state index is 9.29. The van der Waals surface area contributed by atoms with Crippen molar-refractivity contribution in [2.45, 2.75) is 51.4 Å². The Kier molecular flexibility index (Phi) is 3.54. The number of aromatic nitrogens is 1. The Balaban J connectivity index is 1.84. The van der Waals surface area contributed by atoms with E-state index in [0.29, 0.717) is 12.1 Å². The smallest absolute Gasteiger partial charge is 0.186 e. The van der Waals surface area contributed by atoms with E-state index in [2.05, 4.69) is 9.88 Å². The largest absolute Gasteiger partial charge is 0.391 e. The number of ether oxygens (including phenoxy) is 1. The molecular weight excluding hydrogens is 248 g/mol. The molecule has 1 N–H and O–H groups in total. The molecule has 0 bridgehead atoms. The number of thiazole rings is 1. The lowest BCUT2D eigenvalue weighted by molar-refractivity contribution is -0.00869. The summed E-state index contributed by atoms with van der Waals surface area (Å²) in [4.78, 5) is 8.02. The fourth-order valence-corrected chi connectivity index (χ4v) is 4.02. The molecule has 2 fully saturated rings. The van der Waals surface area contributed by atoms with Crippen LogP contribution in [-0.4, -0.2) is 35.4 Å². The molecule has 1 aliphatic carbocycles. The van der Waals surface area contributed by atoms with Gasteiger partial charge < -0.3 is 14.7 Å². The van der Waals surface area contributed by atoms with Gasteiger partial charge in [-0.2, -0.15) is 0 Å². The van der Waals surface area contributed by atoms with Crippen LogP contribution in [-0.2, 0) is 11.3 Å². The number of aryl methyl sites for hydroxylation is 1. The lowest BCUT2D eigenvalue weighted by atomic mass is 9.90. The molecule has 1 saturated carbocycles. The second-order valence-corrected chi connectivity index (χ2v) is 6.18. The highest BCUT2D eigenvalue weighted by molar-refractivity contribution is 7.15. The van der Waals surface area contributed by atoms with E-state index in [0.717, 1.165) is 28.9 Å². The van der Waals surface area contributed by atoms with E-state index < -0.39 is 0 Å². The van der Waals surface area contributed by atoms with Crippen LogP contribution >= 0.6 is 11.3 Å². The van der Waals surface area contributed by atoms with Gasteiger partial charge in [0.2, 0.25) is 0 Å². The minimum atomic E-state index is 0.0991. The molecule has 2 unspecified atom stereocenters. The third-order valence-corrected chi connectivity index (χ3v) is 5.18. The lowest BCUT2D eigenvalue weighted by Gasteiger charge is -2.43. The van der Waals surface area contributed by atoms with Crippen molar-refractivity contribution in [1.29, 1.82) is 0 Å². The summed E-state index contributed by atoms with van der Waals surface area (Å²) in [7, 11) is 0.